The third-order valence-electron chi connectivity index (χ3n) is 2.54. The lowest BCUT2D eigenvalue weighted by atomic mass is 10.1. The van der Waals surface area contributed by atoms with Crippen LogP contribution < -0.4 is 5.32 Å². The third-order valence-corrected chi connectivity index (χ3v) is 2.54. The first kappa shape index (κ1) is 16.0. The van der Waals surface area contributed by atoms with Crippen molar-refractivity contribution in [2.75, 3.05) is 6.61 Å². The molecule has 1 N–H and O–H groups in total. The van der Waals surface area contributed by atoms with Crippen molar-refractivity contribution in [3.63, 3.8) is 0 Å². The zero-order valence-corrected chi connectivity index (χ0v) is 11.4. The Balaban J connectivity index is 2.38. The van der Waals surface area contributed by atoms with E-state index in [2.05, 4.69) is 5.32 Å². The van der Waals surface area contributed by atoms with E-state index in [1.54, 1.807) is 0 Å². The van der Waals surface area contributed by atoms with Gasteiger partial charge < -0.3 is 10.1 Å². The molecule has 0 aliphatic rings. The summed E-state index contributed by atoms with van der Waals surface area (Å²) in [6.45, 7) is 6.95. The van der Waals surface area contributed by atoms with Crippen LogP contribution in [0.2, 0.25) is 0 Å². The summed E-state index contributed by atoms with van der Waals surface area (Å²) in [5.74, 6) is 0. The van der Waals surface area contributed by atoms with E-state index >= 15 is 0 Å². The Kier molecular flexibility index (Phi) is 5.82. The molecule has 2 nitrogen and oxygen atoms in total. The summed E-state index contributed by atoms with van der Waals surface area (Å²) >= 11 is 0. The molecule has 0 saturated heterocycles. The van der Waals surface area contributed by atoms with Crippen LogP contribution in [0.25, 0.3) is 0 Å². The van der Waals surface area contributed by atoms with Crippen LogP contribution in [0.3, 0.4) is 0 Å². The molecular formula is C14H20F3NO. The summed E-state index contributed by atoms with van der Waals surface area (Å²) < 4.78 is 42.5. The van der Waals surface area contributed by atoms with Crippen LogP contribution in [0.1, 0.15) is 31.9 Å². The molecule has 1 rings (SSSR count). The van der Waals surface area contributed by atoms with Crippen LogP contribution in [-0.2, 0) is 17.5 Å². The molecule has 108 valence electrons. The van der Waals surface area contributed by atoms with Gasteiger partial charge in [0.05, 0.1) is 18.8 Å². The standard InChI is InChI=1S/C14H20F3NO/c1-10(2)18-11(3)8-19-9-12-4-6-13(7-5-12)14(15,16)17/h4-7,10-11,18H,8-9H2,1-3H3/t11-/m0/s1. The Bertz CT molecular complexity index is 373. The van der Waals surface area contributed by atoms with E-state index in [0.29, 0.717) is 19.3 Å². The molecule has 0 fully saturated rings. The van der Waals surface area contributed by atoms with Gasteiger partial charge in [-0.3, -0.25) is 0 Å². The van der Waals surface area contributed by atoms with Crippen molar-refractivity contribution in [2.45, 2.75) is 45.6 Å². The van der Waals surface area contributed by atoms with Crippen LogP contribution in [-0.4, -0.2) is 18.7 Å². The van der Waals surface area contributed by atoms with Gasteiger partial charge in [0.2, 0.25) is 0 Å². The molecule has 5 heteroatoms. The van der Waals surface area contributed by atoms with Crippen LogP contribution in [0.4, 0.5) is 13.2 Å². The number of ether oxygens (including phenoxy) is 1. The van der Waals surface area contributed by atoms with Gasteiger partial charge in [0.1, 0.15) is 0 Å². The Morgan fingerprint density at radius 3 is 2.16 bits per heavy atom. The van der Waals surface area contributed by atoms with Gasteiger partial charge in [0, 0.05) is 12.1 Å². The lowest BCUT2D eigenvalue weighted by molar-refractivity contribution is -0.137. The largest absolute Gasteiger partial charge is 0.416 e. The van der Waals surface area contributed by atoms with E-state index in [0.717, 1.165) is 17.7 Å². The number of hydrogen-bond acceptors (Lipinski definition) is 2. The highest BCUT2D eigenvalue weighted by atomic mass is 19.4. The molecule has 0 unspecified atom stereocenters. The quantitative estimate of drug-likeness (QED) is 0.856. The molecule has 0 radical (unpaired) electrons. The summed E-state index contributed by atoms with van der Waals surface area (Å²) in [4.78, 5) is 0. The Morgan fingerprint density at radius 1 is 1.11 bits per heavy atom. The monoisotopic (exact) mass is 275 g/mol. The minimum atomic E-state index is -4.28. The first-order valence-corrected chi connectivity index (χ1v) is 6.29. The molecule has 0 aliphatic heterocycles. The van der Waals surface area contributed by atoms with Crippen molar-refractivity contribution < 1.29 is 17.9 Å². The topological polar surface area (TPSA) is 21.3 Å². The lowest BCUT2D eigenvalue weighted by Crippen LogP contribution is -2.35. The van der Waals surface area contributed by atoms with Crippen molar-refractivity contribution in [1.82, 2.24) is 5.32 Å². The summed E-state index contributed by atoms with van der Waals surface area (Å²) in [5.41, 5.74) is 0.107. The van der Waals surface area contributed by atoms with E-state index < -0.39 is 11.7 Å². The van der Waals surface area contributed by atoms with Crippen LogP contribution in [0.5, 0.6) is 0 Å². The highest BCUT2D eigenvalue weighted by Gasteiger charge is 2.29. The summed E-state index contributed by atoms with van der Waals surface area (Å²) in [5, 5.41) is 3.28. The first-order chi connectivity index (χ1) is 8.79. The van der Waals surface area contributed by atoms with E-state index in [9.17, 15) is 13.2 Å². The average molecular weight is 275 g/mol. The highest BCUT2D eigenvalue weighted by molar-refractivity contribution is 5.24. The molecule has 0 aromatic heterocycles. The second-order valence-electron chi connectivity index (χ2n) is 4.93. The van der Waals surface area contributed by atoms with Crippen molar-refractivity contribution in [3.8, 4) is 0 Å². The zero-order valence-electron chi connectivity index (χ0n) is 11.4. The van der Waals surface area contributed by atoms with Gasteiger partial charge in [-0.1, -0.05) is 26.0 Å². The van der Waals surface area contributed by atoms with Crippen LogP contribution in [0.15, 0.2) is 24.3 Å². The highest BCUT2D eigenvalue weighted by Crippen LogP contribution is 2.29. The molecular weight excluding hydrogens is 255 g/mol. The number of hydrogen-bond donors (Lipinski definition) is 1. The van der Waals surface area contributed by atoms with Crippen molar-refractivity contribution in [3.05, 3.63) is 35.4 Å². The van der Waals surface area contributed by atoms with Gasteiger partial charge in [-0.05, 0) is 24.6 Å². The molecule has 1 aromatic carbocycles. The molecule has 19 heavy (non-hydrogen) atoms. The van der Waals surface area contributed by atoms with Gasteiger partial charge in [0.15, 0.2) is 0 Å². The van der Waals surface area contributed by atoms with Gasteiger partial charge >= 0.3 is 6.18 Å². The molecule has 0 heterocycles. The predicted octanol–water partition coefficient (Wildman–Crippen LogP) is 3.61. The maximum atomic E-state index is 12.4. The molecule has 0 spiro atoms. The van der Waals surface area contributed by atoms with Crippen molar-refractivity contribution in [2.24, 2.45) is 0 Å². The van der Waals surface area contributed by atoms with E-state index in [1.165, 1.54) is 12.1 Å². The average Bonchev–Trinajstić information content (AvgIpc) is 2.27. The number of nitrogens with one attached hydrogen (secondary N) is 1. The lowest BCUT2D eigenvalue weighted by Gasteiger charge is -2.17. The number of halogens is 3. The van der Waals surface area contributed by atoms with Crippen LogP contribution >= 0.6 is 0 Å². The van der Waals surface area contributed by atoms with Crippen LogP contribution in [0, 0.1) is 0 Å². The predicted molar refractivity (Wildman–Crippen MR) is 68.8 cm³/mol. The number of alkyl halides is 3. The van der Waals surface area contributed by atoms with Gasteiger partial charge in [0.25, 0.3) is 0 Å². The fourth-order valence-corrected chi connectivity index (χ4v) is 1.76. The minimum Gasteiger partial charge on any atom is -0.375 e. The second-order valence-corrected chi connectivity index (χ2v) is 4.93. The van der Waals surface area contributed by atoms with E-state index in [4.69, 9.17) is 4.74 Å². The van der Waals surface area contributed by atoms with E-state index in [-0.39, 0.29) is 6.04 Å². The fraction of sp³-hybridized carbons (Fsp3) is 0.571. The Labute approximate surface area is 112 Å². The molecule has 0 amide bonds. The number of benzene rings is 1. The van der Waals surface area contributed by atoms with Gasteiger partial charge in [-0.15, -0.1) is 0 Å². The smallest absolute Gasteiger partial charge is 0.375 e. The first-order valence-electron chi connectivity index (χ1n) is 6.29. The third kappa shape index (κ3) is 6.07. The zero-order chi connectivity index (χ0) is 14.5. The van der Waals surface area contributed by atoms with Crippen molar-refractivity contribution >= 4 is 0 Å². The maximum Gasteiger partial charge on any atom is 0.416 e. The molecule has 1 aromatic rings. The summed E-state index contributed by atoms with van der Waals surface area (Å²) in [7, 11) is 0. The second kappa shape index (κ2) is 6.91. The normalized spacial score (nSPS) is 13.8. The Morgan fingerprint density at radius 2 is 1.68 bits per heavy atom. The molecule has 0 aliphatic carbocycles. The molecule has 1 atom stereocenters. The fourth-order valence-electron chi connectivity index (χ4n) is 1.76. The SMILES string of the molecule is CC(C)N[C@@H](C)COCc1ccc(C(F)(F)F)cc1. The minimum absolute atomic E-state index is 0.217. The van der Waals surface area contributed by atoms with Gasteiger partial charge in [-0.25, -0.2) is 0 Å². The summed E-state index contributed by atoms with van der Waals surface area (Å²) in [6.07, 6.45) is -4.28. The summed E-state index contributed by atoms with van der Waals surface area (Å²) in [6, 6.07) is 5.65. The Hall–Kier alpha value is -1.07. The van der Waals surface area contributed by atoms with Gasteiger partial charge in [-0.2, -0.15) is 13.2 Å². The van der Waals surface area contributed by atoms with Crippen molar-refractivity contribution in [1.29, 1.82) is 0 Å². The van der Waals surface area contributed by atoms with E-state index in [1.807, 2.05) is 20.8 Å². The molecule has 0 bridgehead atoms. The molecule has 0 saturated carbocycles. The number of rotatable bonds is 6. The maximum absolute atomic E-state index is 12.4.